The minimum atomic E-state index is -0.346. The van der Waals surface area contributed by atoms with Crippen LogP contribution in [0.5, 0.6) is 0 Å². The number of hydrogen-bond donors (Lipinski definition) is 1. The highest BCUT2D eigenvalue weighted by molar-refractivity contribution is 5.66. The van der Waals surface area contributed by atoms with Crippen LogP contribution in [-0.2, 0) is 0 Å². The van der Waals surface area contributed by atoms with Crippen molar-refractivity contribution in [2.24, 2.45) is 0 Å². The topological polar surface area (TPSA) is 50.8 Å². The molecule has 1 heterocycles. The Bertz CT molecular complexity index is 643. The molecule has 2 unspecified atom stereocenters. The van der Waals surface area contributed by atoms with E-state index in [0.717, 1.165) is 5.56 Å². The first-order valence-corrected chi connectivity index (χ1v) is 6.49. The lowest BCUT2D eigenvalue weighted by molar-refractivity contribution is -0.838. The van der Waals surface area contributed by atoms with Crippen LogP contribution in [0.25, 0.3) is 0 Å². The summed E-state index contributed by atoms with van der Waals surface area (Å²) in [5.41, 5.74) is 3.48. The van der Waals surface area contributed by atoms with Gasteiger partial charge in [0.05, 0.1) is 12.0 Å². The average Bonchev–Trinajstić information content (AvgIpc) is 2.72. The van der Waals surface area contributed by atoms with E-state index in [0.29, 0.717) is 0 Å². The molecule has 1 aliphatic heterocycles. The van der Waals surface area contributed by atoms with Crippen molar-refractivity contribution in [1.82, 2.24) is 0 Å². The molecule has 2 atom stereocenters. The molecule has 0 bridgehead atoms. The van der Waals surface area contributed by atoms with Gasteiger partial charge < -0.3 is 4.90 Å². The SMILES string of the molecule is CN1c2ccccc2[NH+](C)C1c1cccc([N+](=O)[O-])c1. The molecular weight excluding hydrogens is 254 g/mol. The van der Waals surface area contributed by atoms with Gasteiger partial charge in [-0.25, -0.2) is 0 Å². The van der Waals surface area contributed by atoms with Crippen LogP contribution in [0.1, 0.15) is 11.7 Å². The smallest absolute Gasteiger partial charge is 0.270 e. The lowest BCUT2D eigenvalue weighted by Gasteiger charge is -2.23. The molecule has 0 spiro atoms. The number of fused-ring (bicyclic) bond motifs is 1. The van der Waals surface area contributed by atoms with Crippen molar-refractivity contribution < 1.29 is 9.82 Å². The summed E-state index contributed by atoms with van der Waals surface area (Å²) in [6, 6.07) is 15.1. The van der Waals surface area contributed by atoms with Crippen LogP contribution in [0.4, 0.5) is 17.1 Å². The van der Waals surface area contributed by atoms with Crippen LogP contribution in [0, 0.1) is 10.1 Å². The Morgan fingerprint density at radius 3 is 2.65 bits per heavy atom. The second-order valence-electron chi connectivity index (χ2n) is 5.07. The van der Waals surface area contributed by atoms with Gasteiger partial charge in [0.1, 0.15) is 5.69 Å². The van der Waals surface area contributed by atoms with Gasteiger partial charge in [-0.3, -0.25) is 15.0 Å². The summed E-state index contributed by atoms with van der Waals surface area (Å²) in [4.78, 5) is 14.0. The molecule has 5 heteroatoms. The molecule has 0 saturated carbocycles. The highest BCUT2D eigenvalue weighted by Gasteiger charge is 2.37. The van der Waals surface area contributed by atoms with Gasteiger partial charge in [0.2, 0.25) is 0 Å². The number of nitro groups is 1. The van der Waals surface area contributed by atoms with Gasteiger partial charge in [0.15, 0.2) is 11.9 Å². The molecular formula is C15H16N3O2+. The zero-order valence-corrected chi connectivity index (χ0v) is 11.4. The molecule has 2 aromatic carbocycles. The van der Waals surface area contributed by atoms with Crippen LogP contribution in [0.2, 0.25) is 0 Å². The molecule has 0 saturated heterocycles. The summed E-state index contributed by atoms with van der Waals surface area (Å²) < 4.78 is 0. The lowest BCUT2D eigenvalue weighted by atomic mass is 10.1. The minimum Gasteiger partial charge on any atom is -0.316 e. The number of rotatable bonds is 2. The highest BCUT2D eigenvalue weighted by Crippen LogP contribution is 2.34. The third-order valence-corrected chi connectivity index (χ3v) is 3.90. The fourth-order valence-corrected chi connectivity index (χ4v) is 2.97. The number of nitrogens with one attached hydrogen (secondary N) is 1. The number of hydrogen-bond acceptors (Lipinski definition) is 3. The molecule has 0 amide bonds. The Kier molecular flexibility index (Phi) is 2.91. The van der Waals surface area contributed by atoms with Crippen LogP contribution in [0.3, 0.4) is 0 Å². The molecule has 3 rings (SSSR count). The molecule has 2 aromatic rings. The Morgan fingerprint density at radius 2 is 1.95 bits per heavy atom. The average molecular weight is 270 g/mol. The number of nitrogens with zero attached hydrogens (tertiary/aromatic N) is 2. The predicted octanol–water partition coefficient (Wildman–Crippen LogP) is 1.89. The summed E-state index contributed by atoms with van der Waals surface area (Å²) in [6.45, 7) is 0. The standard InChI is InChI=1S/C15H15N3O2/c1-16-13-8-3-4-9-14(13)17(2)15(16)11-6-5-7-12(10-11)18(19)20/h3-10,15H,1-2H3/p+1. The second kappa shape index (κ2) is 4.61. The maximum Gasteiger partial charge on any atom is 0.270 e. The van der Waals surface area contributed by atoms with E-state index in [9.17, 15) is 10.1 Å². The number of quaternary nitrogens is 1. The van der Waals surface area contributed by atoms with Gasteiger partial charge in [-0.05, 0) is 6.07 Å². The number of benzene rings is 2. The number of anilines is 1. The molecule has 0 radical (unpaired) electrons. The predicted molar refractivity (Wildman–Crippen MR) is 77.2 cm³/mol. The molecule has 0 aromatic heterocycles. The summed E-state index contributed by atoms with van der Waals surface area (Å²) in [5.74, 6) is 0. The molecule has 0 aliphatic carbocycles. The largest absolute Gasteiger partial charge is 0.316 e. The van der Waals surface area contributed by atoms with E-state index in [1.54, 1.807) is 12.1 Å². The zero-order chi connectivity index (χ0) is 14.3. The summed E-state index contributed by atoms with van der Waals surface area (Å²) >= 11 is 0. The number of nitro benzene ring substituents is 1. The summed E-state index contributed by atoms with van der Waals surface area (Å²) in [7, 11) is 4.12. The van der Waals surface area contributed by atoms with Crippen LogP contribution >= 0.6 is 0 Å². The fourth-order valence-electron chi connectivity index (χ4n) is 2.97. The number of para-hydroxylation sites is 2. The van der Waals surface area contributed by atoms with Crippen LogP contribution in [0.15, 0.2) is 48.5 Å². The van der Waals surface area contributed by atoms with Gasteiger partial charge in [-0.15, -0.1) is 0 Å². The van der Waals surface area contributed by atoms with E-state index in [2.05, 4.69) is 24.1 Å². The first-order chi connectivity index (χ1) is 9.59. The van der Waals surface area contributed by atoms with Crippen molar-refractivity contribution in [3.63, 3.8) is 0 Å². The third kappa shape index (κ3) is 1.83. The number of non-ortho nitro benzene ring substituents is 1. The van der Waals surface area contributed by atoms with Crippen molar-refractivity contribution in [2.45, 2.75) is 6.17 Å². The molecule has 20 heavy (non-hydrogen) atoms. The second-order valence-corrected chi connectivity index (χ2v) is 5.07. The van der Waals surface area contributed by atoms with Gasteiger partial charge >= 0.3 is 0 Å². The van der Waals surface area contributed by atoms with Gasteiger partial charge in [0.25, 0.3) is 5.69 Å². The van der Waals surface area contributed by atoms with Crippen molar-refractivity contribution in [3.05, 3.63) is 64.2 Å². The minimum absolute atomic E-state index is 0.0623. The van der Waals surface area contributed by atoms with Crippen molar-refractivity contribution in [2.75, 3.05) is 19.0 Å². The van der Waals surface area contributed by atoms with Gasteiger partial charge in [-0.1, -0.05) is 24.3 Å². The van der Waals surface area contributed by atoms with Crippen LogP contribution < -0.4 is 9.80 Å². The normalized spacial score (nSPS) is 20.8. The Labute approximate surface area is 117 Å². The fraction of sp³-hybridized carbons (Fsp3) is 0.200. The van der Waals surface area contributed by atoms with Gasteiger partial charge in [-0.2, -0.15) is 0 Å². The maximum absolute atomic E-state index is 10.9. The Hall–Kier alpha value is -2.40. The summed E-state index contributed by atoms with van der Waals surface area (Å²) in [6.07, 6.45) is 0.0623. The van der Waals surface area contributed by atoms with E-state index < -0.39 is 0 Å². The molecule has 0 fully saturated rings. The zero-order valence-electron chi connectivity index (χ0n) is 11.4. The third-order valence-electron chi connectivity index (χ3n) is 3.90. The van der Waals surface area contributed by atoms with E-state index in [4.69, 9.17) is 0 Å². The first-order valence-electron chi connectivity index (χ1n) is 6.49. The Morgan fingerprint density at radius 1 is 1.20 bits per heavy atom. The first kappa shape index (κ1) is 12.6. The van der Waals surface area contributed by atoms with E-state index in [1.165, 1.54) is 22.3 Å². The van der Waals surface area contributed by atoms with E-state index in [-0.39, 0.29) is 16.8 Å². The lowest BCUT2D eigenvalue weighted by Crippen LogP contribution is -3.04. The monoisotopic (exact) mass is 270 g/mol. The van der Waals surface area contributed by atoms with Gasteiger partial charge in [0, 0.05) is 30.8 Å². The van der Waals surface area contributed by atoms with E-state index in [1.807, 2.05) is 25.2 Å². The van der Waals surface area contributed by atoms with Crippen molar-refractivity contribution in [1.29, 1.82) is 0 Å². The molecule has 1 N–H and O–H groups in total. The highest BCUT2D eigenvalue weighted by atomic mass is 16.6. The molecule has 5 nitrogen and oxygen atoms in total. The molecule has 102 valence electrons. The van der Waals surface area contributed by atoms with Crippen molar-refractivity contribution >= 4 is 17.1 Å². The summed E-state index contributed by atoms with van der Waals surface area (Å²) in [5, 5.41) is 10.9. The quantitative estimate of drug-likeness (QED) is 0.669. The maximum atomic E-state index is 10.9. The van der Waals surface area contributed by atoms with Crippen molar-refractivity contribution in [3.8, 4) is 0 Å². The van der Waals surface area contributed by atoms with Crippen LogP contribution in [-0.4, -0.2) is 19.0 Å². The Balaban J connectivity index is 2.04. The van der Waals surface area contributed by atoms with E-state index >= 15 is 0 Å². The molecule has 1 aliphatic rings.